The molecule has 0 unspecified atom stereocenters. The van der Waals surface area contributed by atoms with Crippen molar-refractivity contribution >= 4 is 23.4 Å². The topological polar surface area (TPSA) is 55.0 Å². The van der Waals surface area contributed by atoms with Crippen molar-refractivity contribution in [1.82, 2.24) is 9.97 Å². The fourth-order valence-electron chi connectivity index (χ4n) is 3.05. The number of anilines is 2. The second-order valence-electron chi connectivity index (χ2n) is 5.52. The number of piperidine rings is 1. The van der Waals surface area contributed by atoms with Gasteiger partial charge in [-0.15, -0.1) is 0 Å². The van der Waals surface area contributed by atoms with Gasteiger partial charge in [-0.1, -0.05) is 35.9 Å². The van der Waals surface area contributed by atoms with Crippen molar-refractivity contribution in [3.8, 4) is 0 Å². The van der Waals surface area contributed by atoms with Crippen LogP contribution in [0.1, 0.15) is 29.9 Å². The minimum absolute atomic E-state index is 0.235. The average molecular weight is 303 g/mol. The van der Waals surface area contributed by atoms with Gasteiger partial charge in [-0.2, -0.15) is 4.98 Å². The zero-order chi connectivity index (χ0) is 14.8. The van der Waals surface area contributed by atoms with E-state index in [1.807, 2.05) is 0 Å². The molecular weight excluding hydrogens is 284 g/mol. The summed E-state index contributed by atoms with van der Waals surface area (Å²) in [5.41, 5.74) is 8.52. The van der Waals surface area contributed by atoms with Crippen molar-refractivity contribution < 1.29 is 0 Å². The lowest BCUT2D eigenvalue weighted by molar-refractivity contribution is 0.501. The highest BCUT2D eigenvalue weighted by Gasteiger charge is 2.22. The quantitative estimate of drug-likeness (QED) is 0.864. The van der Waals surface area contributed by atoms with Crippen LogP contribution in [0, 0.1) is 6.92 Å². The number of hydrogen-bond acceptors (Lipinski definition) is 4. The van der Waals surface area contributed by atoms with E-state index in [1.54, 1.807) is 6.07 Å². The predicted molar refractivity (Wildman–Crippen MR) is 86.8 cm³/mol. The van der Waals surface area contributed by atoms with E-state index in [2.05, 4.69) is 46.1 Å². The molecule has 0 saturated carbocycles. The van der Waals surface area contributed by atoms with Crippen molar-refractivity contribution in [1.29, 1.82) is 0 Å². The zero-order valence-corrected chi connectivity index (χ0v) is 12.8. The molecule has 1 aliphatic heterocycles. The number of hydrogen-bond donors (Lipinski definition) is 1. The van der Waals surface area contributed by atoms with Crippen LogP contribution in [0.3, 0.4) is 0 Å². The maximum atomic E-state index is 5.96. The van der Waals surface area contributed by atoms with E-state index in [4.69, 9.17) is 17.3 Å². The van der Waals surface area contributed by atoms with Gasteiger partial charge in [0.25, 0.3) is 0 Å². The lowest BCUT2D eigenvalue weighted by Gasteiger charge is -2.33. The van der Waals surface area contributed by atoms with Crippen molar-refractivity contribution in [2.24, 2.45) is 0 Å². The smallest absolute Gasteiger partial charge is 0.223 e. The van der Waals surface area contributed by atoms with E-state index in [-0.39, 0.29) is 5.95 Å². The first-order valence-electron chi connectivity index (χ1n) is 7.24. The number of aromatic nitrogens is 2. The fraction of sp³-hybridized carbons (Fsp3) is 0.375. The van der Waals surface area contributed by atoms with Crippen molar-refractivity contribution in [2.75, 3.05) is 23.7 Å². The molecule has 1 aromatic carbocycles. The molecule has 110 valence electrons. The Morgan fingerprint density at radius 1 is 1.19 bits per heavy atom. The Kier molecular flexibility index (Phi) is 3.97. The van der Waals surface area contributed by atoms with Crippen LogP contribution >= 0.6 is 11.6 Å². The van der Waals surface area contributed by atoms with E-state index in [9.17, 15) is 0 Å². The van der Waals surface area contributed by atoms with Gasteiger partial charge >= 0.3 is 0 Å². The number of halogens is 1. The molecule has 2 N–H and O–H groups in total. The lowest BCUT2D eigenvalue weighted by atomic mass is 9.87. The van der Waals surface area contributed by atoms with E-state index >= 15 is 0 Å². The Balaban J connectivity index is 1.72. The molecule has 2 heterocycles. The second-order valence-corrected chi connectivity index (χ2v) is 5.91. The van der Waals surface area contributed by atoms with Gasteiger partial charge in [0, 0.05) is 19.2 Å². The lowest BCUT2D eigenvalue weighted by Crippen LogP contribution is -2.33. The van der Waals surface area contributed by atoms with Crippen LogP contribution in [-0.4, -0.2) is 23.1 Å². The van der Waals surface area contributed by atoms with E-state index < -0.39 is 0 Å². The first-order valence-corrected chi connectivity index (χ1v) is 7.62. The molecule has 0 bridgehead atoms. The standard InChI is InChI=1S/C16H19ClN4/c1-11-4-2-3-5-13(11)12-6-8-21(9-7-12)15-10-14(17)19-16(18)20-15/h2-5,10,12H,6-9H2,1H3,(H2,18,19,20). The summed E-state index contributed by atoms with van der Waals surface area (Å²) in [4.78, 5) is 10.4. The van der Waals surface area contributed by atoms with E-state index in [1.165, 1.54) is 11.1 Å². The molecule has 0 atom stereocenters. The molecule has 0 spiro atoms. The molecule has 4 nitrogen and oxygen atoms in total. The Hall–Kier alpha value is -1.81. The molecule has 5 heteroatoms. The highest BCUT2D eigenvalue weighted by Crippen LogP contribution is 2.32. The van der Waals surface area contributed by atoms with Crippen molar-refractivity contribution in [2.45, 2.75) is 25.7 Å². The second kappa shape index (κ2) is 5.90. The van der Waals surface area contributed by atoms with Crippen LogP contribution in [0.25, 0.3) is 0 Å². The summed E-state index contributed by atoms with van der Waals surface area (Å²) in [5, 5.41) is 0.401. The summed E-state index contributed by atoms with van der Waals surface area (Å²) in [6.07, 6.45) is 2.23. The molecule has 0 amide bonds. The van der Waals surface area contributed by atoms with Crippen LogP contribution in [0.15, 0.2) is 30.3 Å². The highest BCUT2D eigenvalue weighted by atomic mass is 35.5. The molecule has 0 aliphatic carbocycles. The van der Waals surface area contributed by atoms with Gasteiger partial charge in [-0.05, 0) is 36.8 Å². The van der Waals surface area contributed by atoms with Gasteiger partial charge < -0.3 is 10.6 Å². The van der Waals surface area contributed by atoms with Crippen LogP contribution in [-0.2, 0) is 0 Å². The van der Waals surface area contributed by atoms with Gasteiger partial charge in [0.05, 0.1) is 0 Å². The fourth-order valence-corrected chi connectivity index (χ4v) is 3.23. The first kappa shape index (κ1) is 14.1. The molecular formula is C16H19ClN4. The van der Waals surface area contributed by atoms with Crippen LogP contribution in [0.4, 0.5) is 11.8 Å². The molecule has 0 radical (unpaired) electrons. The zero-order valence-electron chi connectivity index (χ0n) is 12.1. The number of aryl methyl sites for hydroxylation is 1. The predicted octanol–water partition coefficient (Wildman–Crippen LogP) is 3.40. The van der Waals surface area contributed by atoms with Gasteiger partial charge in [-0.3, -0.25) is 0 Å². The molecule has 21 heavy (non-hydrogen) atoms. The molecule has 2 aromatic rings. The SMILES string of the molecule is Cc1ccccc1C1CCN(c2cc(Cl)nc(N)n2)CC1. The van der Waals surface area contributed by atoms with Crippen molar-refractivity contribution in [3.05, 3.63) is 46.6 Å². The number of rotatable bonds is 2. The van der Waals surface area contributed by atoms with E-state index in [0.717, 1.165) is 31.7 Å². The van der Waals surface area contributed by atoms with Gasteiger partial charge in [0.15, 0.2) is 0 Å². The Morgan fingerprint density at radius 2 is 1.90 bits per heavy atom. The molecule has 1 aromatic heterocycles. The van der Waals surface area contributed by atoms with Crippen LogP contribution in [0.5, 0.6) is 0 Å². The number of nitrogens with two attached hydrogens (primary N) is 1. The minimum Gasteiger partial charge on any atom is -0.368 e. The minimum atomic E-state index is 0.235. The van der Waals surface area contributed by atoms with Gasteiger partial charge in [-0.25, -0.2) is 4.98 Å². The van der Waals surface area contributed by atoms with E-state index in [0.29, 0.717) is 11.1 Å². The third-order valence-electron chi connectivity index (χ3n) is 4.15. The van der Waals surface area contributed by atoms with Crippen LogP contribution in [0.2, 0.25) is 5.15 Å². The molecule has 1 aliphatic rings. The highest BCUT2D eigenvalue weighted by molar-refractivity contribution is 6.29. The monoisotopic (exact) mass is 302 g/mol. The summed E-state index contributed by atoms with van der Waals surface area (Å²) in [5.74, 6) is 1.69. The van der Waals surface area contributed by atoms with Gasteiger partial charge in [0.2, 0.25) is 5.95 Å². The molecule has 1 fully saturated rings. The Morgan fingerprint density at radius 3 is 2.57 bits per heavy atom. The summed E-state index contributed by atoms with van der Waals surface area (Å²) < 4.78 is 0. The number of benzene rings is 1. The largest absolute Gasteiger partial charge is 0.368 e. The number of nitrogens with zero attached hydrogens (tertiary/aromatic N) is 3. The summed E-state index contributed by atoms with van der Waals surface area (Å²) in [7, 11) is 0. The summed E-state index contributed by atoms with van der Waals surface area (Å²) in [6.45, 7) is 4.12. The maximum Gasteiger partial charge on any atom is 0.223 e. The van der Waals surface area contributed by atoms with Gasteiger partial charge in [0.1, 0.15) is 11.0 Å². The molecule has 3 rings (SSSR count). The molecule has 1 saturated heterocycles. The Labute approximate surface area is 130 Å². The number of nitrogen functional groups attached to an aromatic ring is 1. The summed E-state index contributed by atoms with van der Waals surface area (Å²) in [6, 6.07) is 10.4. The maximum absolute atomic E-state index is 5.96. The van der Waals surface area contributed by atoms with Crippen LogP contribution < -0.4 is 10.6 Å². The third-order valence-corrected chi connectivity index (χ3v) is 4.34. The Bertz CT molecular complexity index is 616. The van der Waals surface area contributed by atoms with Crippen molar-refractivity contribution in [3.63, 3.8) is 0 Å². The normalized spacial score (nSPS) is 16.2. The summed E-state index contributed by atoms with van der Waals surface area (Å²) >= 11 is 5.96. The first-order chi connectivity index (χ1) is 10.1. The third kappa shape index (κ3) is 3.10. The average Bonchev–Trinajstić information content (AvgIpc) is 2.47.